The van der Waals surface area contributed by atoms with Crippen LogP contribution in [0.3, 0.4) is 0 Å². The minimum Gasteiger partial charge on any atom is -0.458 e. The highest BCUT2D eigenvalue weighted by molar-refractivity contribution is 5.89. The maximum absolute atomic E-state index is 11.9. The second-order valence-electron chi connectivity index (χ2n) is 5.59. The predicted octanol–water partition coefficient (Wildman–Crippen LogP) is 2.96. The van der Waals surface area contributed by atoms with E-state index in [2.05, 4.69) is 11.8 Å². The van der Waals surface area contributed by atoms with Crippen LogP contribution in [0.5, 0.6) is 0 Å². The summed E-state index contributed by atoms with van der Waals surface area (Å²) >= 11 is 0. The minimum absolute atomic E-state index is 0.0574. The first-order valence-corrected chi connectivity index (χ1v) is 7.13. The Morgan fingerprint density at radius 1 is 1.42 bits per heavy atom. The number of carbonyl (C=O) groups excluding carboxylic acids is 1. The third-order valence-electron chi connectivity index (χ3n) is 3.57. The molecule has 3 nitrogen and oxygen atoms in total. The summed E-state index contributed by atoms with van der Waals surface area (Å²) in [6, 6.07) is 9.19. The zero-order chi connectivity index (χ0) is 13.7. The molecule has 1 aromatic carbocycles. The van der Waals surface area contributed by atoms with E-state index in [0.29, 0.717) is 5.56 Å². The van der Waals surface area contributed by atoms with Gasteiger partial charge in [-0.2, -0.15) is 0 Å². The normalized spacial score (nSPS) is 21.9. The molecule has 19 heavy (non-hydrogen) atoms. The summed E-state index contributed by atoms with van der Waals surface area (Å²) in [4.78, 5) is 14.3. The number of esters is 1. The van der Waals surface area contributed by atoms with Gasteiger partial charge in [-0.15, -0.1) is 0 Å². The summed E-state index contributed by atoms with van der Waals surface area (Å²) < 4.78 is 5.49. The molecular formula is C16H23NO2. The van der Waals surface area contributed by atoms with Crippen molar-refractivity contribution < 1.29 is 9.53 Å². The zero-order valence-corrected chi connectivity index (χ0v) is 11.8. The van der Waals surface area contributed by atoms with Crippen LogP contribution in [-0.4, -0.2) is 36.6 Å². The van der Waals surface area contributed by atoms with Gasteiger partial charge in [0.15, 0.2) is 0 Å². The molecule has 1 fully saturated rings. The van der Waals surface area contributed by atoms with E-state index < -0.39 is 0 Å². The molecule has 0 aromatic heterocycles. The van der Waals surface area contributed by atoms with E-state index in [1.807, 2.05) is 25.1 Å². The maximum Gasteiger partial charge on any atom is 0.338 e. The van der Waals surface area contributed by atoms with Crippen molar-refractivity contribution in [1.82, 2.24) is 4.90 Å². The second kappa shape index (κ2) is 6.71. The zero-order valence-electron chi connectivity index (χ0n) is 11.8. The molecular weight excluding hydrogens is 238 g/mol. The number of benzene rings is 1. The standard InChI is InChI=1S/C16H23NO2/c1-13-7-6-10-17(11-13)12-14(2)19-16(18)15-8-4-3-5-9-15/h3-5,8-9,13-14H,6-7,10-12H2,1-2H3. The SMILES string of the molecule is CC1CCCN(CC(C)OC(=O)c2ccccc2)C1. The summed E-state index contributed by atoms with van der Waals surface area (Å²) in [6.07, 6.45) is 2.51. The molecule has 2 atom stereocenters. The van der Waals surface area contributed by atoms with Crippen molar-refractivity contribution in [2.24, 2.45) is 5.92 Å². The van der Waals surface area contributed by atoms with Crippen molar-refractivity contribution in [3.05, 3.63) is 35.9 Å². The van der Waals surface area contributed by atoms with Crippen LogP contribution in [0.1, 0.15) is 37.0 Å². The van der Waals surface area contributed by atoms with E-state index in [9.17, 15) is 4.79 Å². The highest BCUT2D eigenvalue weighted by atomic mass is 16.5. The Balaban J connectivity index is 1.81. The first-order chi connectivity index (χ1) is 9.15. The van der Waals surface area contributed by atoms with Crippen LogP contribution >= 0.6 is 0 Å². The van der Waals surface area contributed by atoms with Crippen LogP contribution in [0.4, 0.5) is 0 Å². The molecule has 1 aromatic rings. The van der Waals surface area contributed by atoms with Gasteiger partial charge in [0.05, 0.1) is 5.56 Å². The number of carbonyl (C=O) groups is 1. The van der Waals surface area contributed by atoms with E-state index in [-0.39, 0.29) is 12.1 Å². The first-order valence-electron chi connectivity index (χ1n) is 7.13. The van der Waals surface area contributed by atoms with Crippen LogP contribution in [0.25, 0.3) is 0 Å². The van der Waals surface area contributed by atoms with E-state index >= 15 is 0 Å². The number of nitrogens with zero attached hydrogens (tertiary/aromatic N) is 1. The number of ether oxygens (including phenoxy) is 1. The largest absolute Gasteiger partial charge is 0.458 e. The molecule has 0 radical (unpaired) electrons. The molecule has 3 heteroatoms. The lowest BCUT2D eigenvalue weighted by atomic mass is 10.0. The van der Waals surface area contributed by atoms with E-state index in [0.717, 1.165) is 25.6 Å². The summed E-state index contributed by atoms with van der Waals surface area (Å²) in [6.45, 7) is 7.33. The van der Waals surface area contributed by atoms with Gasteiger partial charge in [-0.25, -0.2) is 4.79 Å². The Morgan fingerprint density at radius 2 is 2.16 bits per heavy atom. The van der Waals surface area contributed by atoms with Gasteiger partial charge in [-0.1, -0.05) is 25.1 Å². The fourth-order valence-electron chi connectivity index (χ4n) is 2.68. The van der Waals surface area contributed by atoms with Crippen molar-refractivity contribution in [2.45, 2.75) is 32.8 Å². The van der Waals surface area contributed by atoms with Crippen molar-refractivity contribution in [2.75, 3.05) is 19.6 Å². The van der Waals surface area contributed by atoms with Crippen molar-refractivity contribution in [1.29, 1.82) is 0 Å². The first kappa shape index (κ1) is 14.1. The fourth-order valence-corrected chi connectivity index (χ4v) is 2.68. The highest BCUT2D eigenvalue weighted by Gasteiger charge is 2.20. The molecule has 0 aliphatic carbocycles. The van der Waals surface area contributed by atoms with Gasteiger partial charge >= 0.3 is 5.97 Å². The maximum atomic E-state index is 11.9. The average Bonchev–Trinajstić information content (AvgIpc) is 2.39. The lowest BCUT2D eigenvalue weighted by Gasteiger charge is -2.32. The van der Waals surface area contributed by atoms with Crippen molar-refractivity contribution in [3.63, 3.8) is 0 Å². The third kappa shape index (κ3) is 4.35. The molecule has 0 spiro atoms. The van der Waals surface area contributed by atoms with Gasteiger partial charge in [0.1, 0.15) is 6.10 Å². The van der Waals surface area contributed by atoms with E-state index in [4.69, 9.17) is 4.74 Å². The Hall–Kier alpha value is -1.35. The van der Waals surface area contributed by atoms with Crippen LogP contribution in [-0.2, 0) is 4.74 Å². The number of likely N-dealkylation sites (tertiary alicyclic amines) is 1. The summed E-state index contributed by atoms with van der Waals surface area (Å²) in [5, 5.41) is 0. The topological polar surface area (TPSA) is 29.5 Å². The van der Waals surface area contributed by atoms with Gasteiger partial charge in [-0.05, 0) is 44.4 Å². The molecule has 1 aliphatic rings. The molecule has 0 N–H and O–H groups in total. The molecule has 2 unspecified atom stereocenters. The Labute approximate surface area is 115 Å². The Morgan fingerprint density at radius 3 is 2.84 bits per heavy atom. The number of hydrogen-bond donors (Lipinski definition) is 0. The molecule has 1 saturated heterocycles. The Kier molecular flexibility index (Phi) is 4.97. The smallest absolute Gasteiger partial charge is 0.338 e. The van der Waals surface area contributed by atoms with Crippen LogP contribution in [0.2, 0.25) is 0 Å². The third-order valence-corrected chi connectivity index (χ3v) is 3.57. The van der Waals surface area contributed by atoms with Crippen LogP contribution < -0.4 is 0 Å². The average molecular weight is 261 g/mol. The highest BCUT2D eigenvalue weighted by Crippen LogP contribution is 2.16. The lowest BCUT2D eigenvalue weighted by Crippen LogP contribution is -2.39. The molecule has 2 rings (SSSR count). The lowest BCUT2D eigenvalue weighted by molar-refractivity contribution is 0.0215. The monoisotopic (exact) mass is 261 g/mol. The molecule has 0 bridgehead atoms. The van der Waals surface area contributed by atoms with Gasteiger partial charge < -0.3 is 4.74 Å². The van der Waals surface area contributed by atoms with Crippen molar-refractivity contribution >= 4 is 5.97 Å². The van der Waals surface area contributed by atoms with Crippen LogP contribution in [0, 0.1) is 5.92 Å². The van der Waals surface area contributed by atoms with Gasteiger partial charge in [0.2, 0.25) is 0 Å². The Bertz CT molecular complexity index is 404. The predicted molar refractivity (Wildman–Crippen MR) is 76.2 cm³/mol. The second-order valence-corrected chi connectivity index (χ2v) is 5.59. The number of piperidine rings is 1. The molecule has 0 saturated carbocycles. The molecule has 104 valence electrons. The van der Waals surface area contributed by atoms with Gasteiger partial charge in [0, 0.05) is 13.1 Å². The van der Waals surface area contributed by atoms with E-state index in [1.54, 1.807) is 12.1 Å². The van der Waals surface area contributed by atoms with Gasteiger partial charge in [0.25, 0.3) is 0 Å². The van der Waals surface area contributed by atoms with E-state index in [1.165, 1.54) is 12.8 Å². The fraction of sp³-hybridized carbons (Fsp3) is 0.562. The molecule has 0 amide bonds. The number of rotatable bonds is 4. The minimum atomic E-state index is -0.224. The summed E-state index contributed by atoms with van der Waals surface area (Å²) in [7, 11) is 0. The molecule has 1 aliphatic heterocycles. The van der Waals surface area contributed by atoms with Crippen molar-refractivity contribution in [3.8, 4) is 0 Å². The quantitative estimate of drug-likeness (QED) is 0.780. The van der Waals surface area contributed by atoms with Crippen LogP contribution in [0.15, 0.2) is 30.3 Å². The summed E-state index contributed by atoms with van der Waals surface area (Å²) in [5.41, 5.74) is 0.626. The molecule has 1 heterocycles. The summed E-state index contributed by atoms with van der Waals surface area (Å²) in [5.74, 6) is 0.531. The van der Waals surface area contributed by atoms with Gasteiger partial charge in [-0.3, -0.25) is 4.90 Å². The number of hydrogen-bond acceptors (Lipinski definition) is 3.